The highest BCUT2D eigenvalue weighted by Gasteiger charge is 1.98. The number of carbonyl (C=O) groups is 1. The maximum absolute atomic E-state index is 11.5. The molecule has 0 aliphatic heterocycles. The van der Waals surface area contributed by atoms with Crippen LogP contribution < -0.4 is 10.1 Å². The lowest BCUT2D eigenvalue weighted by molar-refractivity contribution is -0.116. The average molecular weight is 245 g/mol. The van der Waals surface area contributed by atoms with E-state index in [1.165, 1.54) is 6.08 Å². The summed E-state index contributed by atoms with van der Waals surface area (Å²) in [6, 6.07) is 7.57. The van der Waals surface area contributed by atoms with Crippen molar-refractivity contribution in [2.75, 3.05) is 13.7 Å². The summed E-state index contributed by atoms with van der Waals surface area (Å²) in [6.07, 6.45) is 8.11. The molecule has 3 heteroatoms. The van der Waals surface area contributed by atoms with E-state index in [0.29, 0.717) is 6.54 Å². The molecular weight excluding hydrogens is 226 g/mol. The first-order valence-electron chi connectivity index (χ1n) is 5.98. The standard InChI is InChI=1S/C15H19NO2/c1-3-4-7-12-16-15(17)11-10-13-8-5-6-9-14(13)18-2/h3-6,8-11H,7,12H2,1-2H3,(H,16,17)/b4-3+,11-10+. The van der Waals surface area contributed by atoms with Gasteiger partial charge in [0.15, 0.2) is 0 Å². The first-order chi connectivity index (χ1) is 8.77. The summed E-state index contributed by atoms with van der Waals surface area (Å²) in [7, 11) is 1.61. The number of methoxy groups -OCH3 is 1. The molecule has 0 atom stereocenters. The van der Waals surface area contributed by atoms with E-state index in [0.717, 1.165) is 17.7 Å². The van der Waals surface area contributed by atoms with E-state index in [1.54, 1.807) is 13.2 Å². The van der Waals surface area contributed by atoms with Crippen molar-refractivity contribution >= 4 is 12.0 Å². The molecule has 0 heterocycles. The average Bonchev–Trinajstić information content (AvgIpc) is 2.41. The Balaban J connectivity index is 2.50. The van der Waals surface area contributed by atoms with Crippen LogP contribution in [0.4, 0.5) is 0 Å². The van der Waals surface area contributed by atoms with Gasteiger partial charge in [0.1, 0.15) is 5.75 Å². The van der Waals surface area contributed by atoms with Gasteiger partial charge in [-0.2, -0.15) is 0 Å². The van der Waals surface area contributed by atoms with E-state index >= 15 is 0 Å². The van der Waals surface area contributed by atoms with Crippen LogP contribution in [0.5, 0.6) is 5.75 Å². The van der Waals surface area contributed by atoms with Gasteiger partial charge in [0.25, 0.3) is 0 Å². The van der Waals surface area contributed by atoms with E-state index in [2.05, 4.69) is 5.32 Å². The third kappa shape index (κ3) is 4.87. The number of nitrogens with one attached hydrogen (secondary N) is 1. The van der Waals surface area contributed by atoms with Crippen molar-refractivity contribution < 1.29 is 9.53 Å². The third-order valence-electron chi connectivity index (χ3n) is 2.40. The van der Waals surface area contributed by atoms with Gasteiger partial charge >= 0.3 is 0 Å². The molecule has 0 spiro atoms. The van der Waals surface area contributed by atoms with Crippen LogP contribution in [-0.4, -0.2) is 19.6 Å². The molecule has 0 radical (unpaired) electrons. The fourth-order valence-corrected chi connectivity index (χ4v) is 1.47. The number of carbonyl (C=O) groups excluding carboxylic acids is 1. The number of benzene rings is 1. The molecule has 0 bridgehead atoms. The lowest BCUT2D eigenvalue weighted by atomic mass is 10.2. The second-order valence-electron chi connectivity index (χ2n) is 3.72. The van der Waals surface area contributed by atoms with Crippen molar-refractivity contribution in [2.24, 2.45) is 0 Å². The predicted molar refractivity (Wildman–Crippen MR) is 74.5 cm³/mol. The Bertz CT molecular complexity index is 436. The molecule has 1 aromatic carbocycles. The first-order valence-corrected chi connectivity index (χ1v) is 5.98. The highest BCUT2D eigenvalue weighted by molar-refractivity contribution is 5.92. The van der Waals surface area contributed by atoms with E-state index in [-0.39, 0.29) is 5.91 Å². The first kappa shape index (κ1) is 14.0. The van der Waals surface area contributed by atoms with Crippen molar-refractivity contribution in [3.8, 4) is 5.75 Å². The summed E-state index contributed by atoms with van der Waals surface area (Å²) in [5.74, 6) is 0.667. The van der Waals surface area contributed by atoms with Gasteiger partial charge < -0.3 is 10.1 Å². The monoisotopic (exact) mass is 245 g/mol. The lowest BCUT2D eigenvalue weighted by Crippen LogP contribution is -2.21. The number of hydrogen-bond acceptors (Lipinski definition) is 2. The van der Waals surface area contributed by atoms with Gasteiger partial charge in [-0.05, 0) is 25.5 Å². The number of amides is 1. The molecule has 0 aliphatic rings. The molecule has 0 aliphatic carbocycles. The minimum absolute atomic E-state index is 0.0922. The number of allylic oxidation sites excluding steroid dienone is 1. The molecule has 0 fully saturated rings. The molecular formula is C15H19NO2. The van der Waals surface area contributed by atoms with Crippen molar-refractivity contribution in [1.82, 2.24) is 5.32 Å². The molecule has 18 heavy (non-hydrogen) atoms. The summed E-state index contributed by atoms with van der Waals surface area (Å²) in [4.78, 5) is 11.5. The van der Waals surface area contributed by atoms with Crippen molar-refractivity contribution in [3.05, 3.63) is 48.1 Å². The van der Waals surface area contributed by atoms with Crippen molar-refractivity contribution in [2.45, 2.75) is 13.3 Å². The summed E-state index contributed by atoms with van der Waals surface area (Å²) in [5, 5.41) is 2.81. The zero-order valence-corrected chi connectivity index (χ0v) is 10.8. The van der Waals surface area contributed by atoms with Crippen LogP contribution in [0.2, 0.25) is 0 Å². The Morgan fingerprint density at radius 1 is 1.39 bits per heavy atom. The molecule has 1 rings (SSSR count). The molecule has 0 saturated heterocycles. The Labute approximate surface area is 108 Å². The van der Waals surface area contributed by atoms with Gasteiger partial charge in [-0.25, -0.2) is 0 Å². The maximum Gasteiger partial charge on any atom is 0.244 e. The molecule has 0 saturated carbocycles. The SMILES string of the molecule is C/C=C/CCNC(=O)/C=C/c1ccccc1OC. The largest absolute Gasteiger partial charge is 0.496 e. The van der Waals surface area contributed by atoms with Crippen LogP contribution in [0.1, 0.15) is 18.9 Å². The van der Waals surface area contributed by atoms with Gasteiger partial charge in [-0.15, -0.1) is 0 Å². The third-order valence-corrected chi connectivity index (χ3v) is 2.40. The minimum atomic E-state index is -0.0922. The van der Waals surface area contributed by atoms with Gasteiger partial charge in [0.05, 0.1) is 7.11 Å². The number of ether oxygens (including phenoxy) is 1. The molecule has 96 valence electrons. The van der Waals surface area contributed by atoms with E-state index in [9.17, 15) is 4.79 Å². The molecule has 1 N–H and O–H groups in total. The predicted octanol–water partition coefficient (Wildman–Crippen LogP) is 2.79. The van der Waals surface area contributed by atoms with Gasteiger partial charge in [-0.1, -0.05) is 30.4 Å². The Hall–Kier alpha value is -2.03. The Morgan fingerprint density at radius 2 is 2.17 bits per heavy atom. The van der Waals surface area contributed by atoms with Crippen LogP contribution in [0.3, 0.4) is 0 Å². The summed E-state index contributed by atoms with van der Waals surface area (Å²) in [6.45, 7) is 2.61. The normalized spacial score (nSPS) is 11.0. The fourth-order valence-electron chi connectivity index (χ4n) is 1.47. The van der Waals surface area contributed by atoms with Crippen LogP contribution in [0.15, 0.2) is 42.5 Å². The highest BCUT2D eigenvalue weighted by Crippen LogP contribution is 2.18. The van der Waals surface area contributed by atoms with Crippen molar-refractivity contribution in [1.29, 1.82) is 0 Å². The zero-order chi connectivity index (χ0) is 13.2. The lowest BCUT2D eigenvalue weighted by Gasteiger charge is -2.03. The van der Waals surface area contributed by atoms with E-state index < -0.39 is 0 Å². The second-order valence-corrected chi connectivity index (χ2v) is 3.72. The number of para-hydroxylation sites is 1. The van der Waals surface area contributed by atoms with Crippen LogP contribution in [0, 0.1) is 0 Å². The Morgan fingerprint density at radius 3 is 2.89 bits per heavy atom. The fraction of sp³-hybridized carbons (Fsp3) is 0.267. The molecule has 0 aromatic heterocycles. The maximum atomic E-state index is 11.5. The zero-order valence-electron chi connectivity index (χ0n) is 10.8. The van der Waals surface area contributed by atoms with Crippen molar-refractivity contribution in [3.63, 3.8) is 0 Å². The smallest absolute Gasteiger partial charge is 0.244 e. The summed E-state index contributed by atoms with van der Waals surface area (Å²) in [5.41, 5.74) is 0.892. The minimum Gasteiger partial charge on any atom is -0.496 e. The van der Waals surface area contributed by atoms with Gasteiger partial charge in [-0.3, -0.25) is 4.79 Å². The Kier molecular flexibility index (Phi) is 6.33. The van der Waals surface area contributed by atoms with Crippen LogP contribution in [-0.2, 0) is 4.79 Å². The number of rotatable bonds is 6. The molecule has 0 unspecified atom stereocenters. The van der Waals surface area contributed by atoms with Gasteiger partial charge in [0.2, 0.25) is 5.91 Å². The van der Waals surface area contributed by atoms with Gasteiger partial charge in [0, 0.05) is 18.2 Å². The quantitative estimate of drug-likeness (QED) is 0.475. The molecule has 1 aromatic rings. The highest BCUT2D eigenvalue weighted by atomic mass is 16.5. The second kappa shape index (κ2) is 8.12. The molecule has 3 nitrogen and oxygen atoms in total. The summed E-state index contributed by atoms with van der Waals surface area (Å²) < 4.78 is 5.20. The van der Waals surface area contributed by atoms with Crippen LogP contribution >= 0.6 is 0 Å². The van der Waals surface area contributed by atoms with E-state index in [1.807, 2.05) is 43.3 Å². The summed E-state index contributed by atoms with van der Waals surface area (Å²) >= 11 is 0. The topological polar surface area (TPSA) is 38.3 Å². The van der Waals surface area contributed by atoms with E-state index in [4.69, 9.17) is 4.74 Å². The number of hydrogen-bond donors (Lipinski definition) is 1. The molecule has 1 amide bonds. The van der Waals surface area contributed by atoms with Crippen LogP contribution in [0.25, 0.3) is 6.08 Å².